The van der Waals surface area contributed by atoms with Gasteiger partial charge in [0, 0.05) is 19.1 Å². The van der Waals surface area contributed by atoms with Crippen molar-refractivity contribution >= 4 is 17.2 Å². The number of likely N-dealkylation sites (N-methyl/N-ethyl adjacent to an activating group) is 1. The number of nitrogens with zero attached hydrogens (tertiary/aromatic N) is 2. The van der Waals surface area contributed by atoms with Crippen molar-refractivity contribution in [1.82, 2.24) is 9.80 Å². The van der Waals surface area contributed by atoms with Gasteiger partial charge in [-0.05, 0) is 45.6 Å². The number of likely N-dealkylation sites (tertiary alicyclic amines) is 1. The summed E-state index contributed by atoms with van der Waals surface area (Å²) in [7, 11) is 4.26. The third-order valence-electron chi connectivity index (χ3n) is 3.86. The molecule has 1 atom stereocenters. The molecule has 2 N–H and O–H groups in total. The number of ether oxygens (including phenoxy) is 1. The van der Waals surface area contributed by atoms with Gasteiger partial charge in [0.05, 0.1) is 5.56 Å². The summed E-state index contributed by atoms with van der Waals surface area (Å²) in [6.07, 6.45) is 2.56. The maximum absolute atomic E-state index is 5.89. The van der Waals surface area contributed by atoms with Crippen molar-refractivity contribution in [3.8, 4) is 5.75 Å². The number of thiocarbonyl (C=S) groups is 1. The quantitative estimate of drug-likeness (QED) is 0.777. The highest BCUT2D eigenvalue weighted by atomic mass is 32.1. The third kappa shape index (κ3) is 4.66. The van der Waals surface area contributed by atoms with Crippen LogP contribution in [-0.2, 0) is 0 Å². The first-order valence-corrected chi connectivity index (χ1v) is 7.89. The average Bonchev–Trinajstić information content (AvgIpc) is 2.86. The van der Waals surface area contributed by atoms with Gasteiger partial charge in [0.1, 0.15) is 17.3 Å². The fraction of sp³-hybridized carbons (Fsp3) is 0.562. The van der Waals surface area contributed by atoms with Crippen LogP contribution in [0.25, 0.3) is 0 Å². The Hall–Kier alpha value is -1.17. The van der Waals surface area contributed by atoms with Crippen molar-refractivity contribution < 1.29 is 4.74 Å². The van der Waals surface area contributed by atoms with Gasteiger partial charge in [0.25, 0.3) is 0 Å². The van der Waals surface area contributed by atoms with Crippen molar-refractivity contribution in [1.29, 1.82) is 0 Å². The molecule has 0 amide bonds. The molecule has 5 heteroatoms. The lowest BCUT2D eigenvalue weighted by atomic mass is 10.2. The highest BCUT2D eigenvalue weighted by Crippen LogP contribution is 2.20. The Labute approximate surface area is 132 Å². The van der Waals surface area contributed by atoms with Gasteiger partial charge in [-0.1, -0.05) is 24.4 Å². The standard InChI is InChI=1S/C16H25N3OS/c1-18(2)12-13-6-5-9-19(13)10-11-20-15-8-4-3-7-14(15)16(17)21/h3-4,7-8,13H,5-6,9-12H2,1-2H3,(H2,17,21). The molecule has 1 aromatic carbocycles. The van der Waals surface area contributed by atoms with Crippen LogP contribution in [0.15, 0.2) is 24.3 Å². The Morgan fingerprint density at radius 3 is 2.90 bits per heavy atom. The van der Waals surface area contributed by atoms with Crippen LogP contribution in [0.4, 0.5) is 0 Å². The van der Waals surface area contributed by atoms with Gasteiger partial charge in [-0.3, -0.25) is 4.90 Å². The molecule has 1 heterocycles. The summed E-state index contributed by atoms with van der Waals surface area (Å²) in [4.78, 5) is 5.16. The molecule has 1 aliphatic heterocycles. The predicted molar refractivity (Wildman–Crippen MR) is 91.0 cm³/mol. The highest BCUT2D eigenvalue weighted by Gasteiger charge is 2.24. The van der Waals surface area contributed by atoms with E-state index in [0.717, 1.165) is 24.4 Å². The largest absolute Gasteiger partial charge is 0.492 e. The van der Waals surface area contributed by atoms with Gasteiger partial charge in [-0.2, -0.15) is 0 Å². The van der Waals surface area contributed by atoms with E-state index in [-0.39, 0.29) is 0 Å². The molecule has 116 valence electrons. The molecule has 1 aromatic rings. The van der Waals surface area contributed by atoms with Crippen LogP contribution in [0, 0.1) is 0 Å². The molecule has 1 unspecified atom stereocenters. The van der Waals surface area contributed by atoms with Crippen LogP contribution >= 0.6 is 12.2 Å². The maximum Gasteiger partial charge on any atom is 0.129 e. The smallest absolute Gasteiger partial charge is 0.129 e. The van der Waals surface area contributed by atoms with Gasteiger partial charge in [-0.25, -0.2) is 0 Å². The Morgan fingerprint density at radius 1 is 1.43 bits per heavy atom. The molecule has 1 fully saturated rings. The van der Waals surface area contributed by atoms with Crippen LogP contribution in [0.3, 0.4) is 0 Å². The van der Waals surface area contributed by atoms with E-state index in [1.807, 2.05) is 24.3 Å². The number of hydrogen-bond acceptors (Lipinski definition) is 4. The monoisotopic (exact) mass is 307 g/mol. The van der Waals surface area contributed by atoms with E-state index < -0.39 is 0 Å². The molecule has 1 saturated heterocycles. The number of rotatable bonds is 7. The normalized spacial score (nSPS) is 19.1. The van der Waals surface area contributed by atoms with Crippen molar-refractivity contribution in [3.63, 3.8) is 0 Å². The summed E-state index contributed by atoms with van der Waals surface area (Å²) < 4.78 is 5.89. The second-order valence-electron chi connectivity index (χ2n) is 5.80. The predicted octanol–water partition coefficient (Wildman–Crippen LogP) is 1.73. The number of para-hydroxylation sites is 1. The molecular weight excluding hydrogens is 282 g/mol. The molecule has 0 aliphatic carbocycles. The summed E-state index contributed by atoms with van der Waals surface area (Å²) in [5.74, 6) is 0.786. The van der Waals surface area contributed by atoms with Crippen LogP contribution in [0.5, 0.6) is 5.75 Å². The second kappa shape index (κ2) is 7.73. The summed E-state index contributed by atoms with van der Waals surface area (Å²) in [6.45, 7) is 3.90. The maximum atomic E-state index is 5.89. The molecule has 2 rings (SSSR count). The Kier molecular flexibility index (Phi) is 5.96. The zero-order valence-electron chi connectivity index (χ0n) is 12.9. The topological polar surface area (TPSA) is 41.7 Å². The molecule has 0 bridgehead atoms. The second-order valence-corrected chi connectivity index (χ2v) is 6.24. The summed E-state index contributed by atoms with van der Waals surface area (Å²) >= 11 is 5.06. The number of hydrogen-bond donors (Lipinski definition) is 1. The van der Waals surface area contributed by atoms with E-state index in [4.69, 9.17) is 22.7 Å². The van der Waals surface area contributed by atoms with Gasteiger partial charge in [-0.15, -0.1) is 0 Å². The van der Waals surface area contributed by atoms with Gasteiger partial charge < -0.3 is 15.4 Å². The fourth-order valence-corrected chi connectivity index (χ4v) is 3.06. The first-order chi connectivity index (χ1) is 10.1. The van der Waals surface area contributed by atoms with E-state index in [1.165, 1.54) is 19.4 Å². The minimum absolute atomic E-state index is 0.386. The van der Waals surface area contributed by atoms with Crippen LogP contribution in [-0.4, -0.2) is 61.2 Å². The SMILES string of the molecule is CN(C)CC1CCCN1CCOc1ccccc1C(N)=S. The van der Waals surface area contributed by atoms with Gasteiger partial charge >= 0.3 is 0 Å². The molecule has 0 aromatic heterocycles. The molecular formula is C16H25N3OS. The zero-order chi connectivity index (χ0) is 15.2. The van der Waals surface area contributed by atoms with Crippen LogP contribution in [0.1, 0.15) is 18.4 Å². The lowest BCUT2D eigenvalue weighted by molar-refractivity contribution is 0.172. The molecule has 21 heavy (non-hydrogen) atoms. The van der Waals surface area contributed by atoms with Crippen LogP contribution < -0.4 is 10.5 Å². The van der Waals surface area contributed by atoms with Gasteiger partial charge in [0.2, 0.25) is 0 Å². The summed E-state index contributed by atoms with van der Waals surface area (Å²) in [5, 5.41) is 0. The summed E-state index contributed by atoms with van der Waals surface area (Å²) in [6, 6.07) is 8.35. The first kappa shape index (κ1) is 16.2. The van der Waals surface area contributed by atoms with E-state index in [0.29, 0.717) is 17.6 Å². The first-order valence-electron chi connectivity index (χ1n) is 7.48. The number of nitrogens with two attached hydrogens (primary N) is 1. The van der Waals surface area contributed by atoms with E-state index in [1.54, 1.807) is 0 Å². The van der Waals surface area contributed by atoms with Crippen molar-refractivity contribution in [2.24, 2.45) is 5.73 Å². The van der Waals surface area contributed by atoms with Crippen LogP contribution in [0.2, 0.25) is 0 Å². The highest BCUT2D eigenvalue weighted by molar-refractivity contribution is 7.80. The third-order valence-corrected chi connectivity index (χ3v) is 4.08. The van der Waals surface area contributed by atoms with Crippen molar-refractivity contribution in [3.05, 3.63) is 29.8 Å². The number of benzene rings is 1. The average molecular weight is 307 g/mol. The molecule has 0 saturated carbocycles. The lowest BCUT2D eigenvalue weighted by Crippen LogP contribution is -2.39. The Bertz CT molecular complexity index is 478. The Morgan fingerprint density at radius 2 is 2.19 bits per heavy atom. The van der Waals surface area contributed by atoms with E-state index in [2.05, 4.69) is 23.9 Å². The van der Waals surface area contributed by atoms with Crippen molar-refractivity contribution in [2.45, 2.75) is 18.9 Å². The minimum Gasteiger partial charge on any atom is -0.492 e. The molecule has 1 aliphatic rings. The molecule has 0 radical (unpaired) electrons. The fourth-order valence-electron chi connectivity index (χ4n) is 2.89. The Balaban J connectivity index is 1.85. The summed E-state index contributed by atoms with van der Waals surface area (Å²) in [5.41, 5.74) is 6.54. The lowest BCUT2D eigenvalue weighted by Gasteiger charge is -2.27. The molecule has 4 nitrogen and oxygen atoms in total. The van der Waals surface area contributed by atoms with Crippen molar-refractivity contribution in [2.75, 3.05) is 40.3 Å². The molecule has 0 spiro atoms. The van der Waals surface area contributed by atoms with Gasteiger partial charge in [0.15, 0.2) is 0 Å². The minimum atomic E-state index is 0.386. The van der Waals surface area contributed by atoms with E-state index >= 15 is 0 Å². The van der Waals surface area contributed by atoms with E-state index in [9.17, 15) is 0 Å². The zero-order valence-corrected chi connectivity index (χ0v) is 13.7.